The lowest BCUT2D eigenvalue weighted by Crippen LogP contribution is -2.36. The van der Waals surface area contributed by atoms with Gasteiger partial charge in [-0.05, 0) is 54.3 Å². The molecule has 1 aromatic heterocycles. The first-order valence-electron chi connectivity index (χ1n) is 9.31. The van der Waals surface area contributed by atoms with Gasteiger partial charge in [-0.25, -0.2) is 4.98 Å². The van der Waals surface area contributed by atoms with Crippen LogP contribution in [-0.2, 0) is 13.0 Å². The van der Waals surface area contributed by atoms with Crippen LogP contribution in [0, 0.1) is 6.92 Å². The van der Waals surface area contributed by atoms with E-state index in [1.54, 1.807) is 23.1 Å². The SMILES string of the molecule is Cc1cccc(NC(=O)c2cccc(C(=O)N3CCc4ccccc4C3)n2)c1. The number of rotatable bonds is 3. The van der Waals surface area contributed by atoms with E-state index in [1.165, 1.54) is 5.56 Å². The fraction of sp³-hybridized carbons (Fsp3) is 0.174. The summed E-state index contributed by atoms with van der Waals surface area (Å²) in [5, 5.41) is 2.83. The molecule has 0 bridgehead atoms. The zero-order chi connectivity index (χ0) is 19.5. The summed E-state index contributed by atoms with van der Waals surface area (Å²) in [7, 11) is 0. The second-order valence-electron chi connectivity index (χ2n) is 6.98. The van der Waals surface area contributed by atoms with Crippen molar-refractivity contribution in [3.05, 3.63) is 94.8 Å². The molecule has 0 radical (unpaired) electrons. The lowest BCUT2D eigenvalue weighted by atomic mass is 10.00. The molecule has 4 rings (SSSR count). The van der Waals surface area contributed by atoms with Gasteiger partial charge in [0.15, 0.2) is 0 Å². The number of benzene rings is 2. The Balaban J connectivity index is 1.50. The molecule has 3 aromatic rings. The van der Waals surface area contributed by atoms with E-state index in [0.717, 1.165) is 17.5 Å². The van der Waals surface area contributed by atoms with Gasteiger partial charge < -0.3 is 10.2 Å². The van der Waals surface area contributed by atoms with E-state index < -0.39 is 0 Å². The van der Waals surface area contributed by atoms with Crippen LogP contribution < -0.4 is 5.32 Å². The third-order valence-electron chi connectivity index (χ3n) is 4.89. The third kappa shape index (κ3) is 3.78. The Kier molecular flexibility index (Phi) is 4.89. The number of anilines is 1. The molecular formula is C23H21N3O2. The summed E-state index contributed by atoms with van der Waals surface area (Å²) in [5.41, 5.74) is 4.72. The summed E-state index contributed by atoms with van der Waals surface area (Å²) in [5.74, 6) is -0.482. The van der Waals surface area contributed by atoms with Gasteiger partial charge in [-0.1, -0.05) is 42.5 Å². The van der Waals surface area contributed by atoms with Gasteiger partial charge in [0.1, 0.15) is 11.4 Å². The molecule has 0 spiro atoms. The van der Waals surface area contributed by atoms with E-state index >= 15 is 0 Å². The van der Waals surface area contributed by atoms with Gasteiger partial charge in [0.25, 0.3) is 11.8 Å². The van der Waals surface area contributed by atoms with Crippen LogP contribution in [0.25, 0.3) is 0 Å². The molecule has 5 nitrogen and oxygen atoms in total. The molecule has 1 aliphatic heterocycles. The van der Waals surface area contributed by atoms with Gasteiger partial charge in [0, 0.05) is 18.8 Å². The number of fused-ring (bicyclic) bond motifs is 1. The molecule has 0 saturated carbocycles. The van der Waals surface area contributed by atoms with Crippen molar-refractivity contribution in [2.45, 2.75) is 19.9 Å². The maximum atomic E-state index is 12.9. The van der Waals surface area contributed by atoms with Gasteiger partial charge >= 0.3 is 0 Å². The average Bonchev–Trinajstić information content (AvgIpc) is 2.73. The predicted octanol–water partition coefficient (Wildman–Crippen LogP) is 3.84. The lowest BCUT2D eigenvalue weighted by Gasteiger charge is -2.28. The van der Waals surface area contributed by atoms with Gasteiger partial charge in [-0.2, -0.15) is 0 Å². The molecule has 0 atom stereocenters. The molecule has 0 saturated heterocycles. The molecule has 0 fully saturated rings. The highest BCUT2D eigenvalue weighted by Gasteiger charge is 2.23. The standard InChI is InChI=1S/C23H21N3O2/c1-16-6-4-9-19(14-16)24-22(27)20-10-5-11-21(25-20)23(28)26-13-12-17-7-2-3-8-18(17)15-26/h2-11,14H,12-13,15H2,1H3,(H,24,27). The van der Waals surface area contributed by atoms with E-state index in [1.807, 2.05) is 49.4 Å². The Morgan fingerprint density at radius 1 is 0.929 bits per heavy atom. The number of amides is 2. The second-order valence-corrected chi connectivity index (χ2v) is 6.98. The van der Waals surface area contributed by atoms with Crippen molar-refractivity contribution in [1.82, 2.24) is 9.88 Å². The zero-order valence-corrected chi connectivity index (χ0v) is 15.7. The monoisotopic (exact) mass is 371 g/mol. The van der Waals surface area contributed by atoms with Crippen LogP contribution in [0.1, 0.15) is 37.7 Å². The summed E-state index contributed by atoms with van der Waals surface area (Å²) < 4.78 is 0. The number of aryl methyl sites for hydroxylation is 1. The van der Waals surface area contributed by atoms with Gasteiger partial charge in [0.05, 0.1) is 0 Å². The van der Waals surface area contributed by atoms with E-state index in [2.05, 4.69) is 16.4 Å². The van der Waals surface area contributed by atoms with Gasteiger partial charge in [0.2, 0.25) is 0 Å². The third-order valence-corrected chi connectivity index (χ3v) is 4.89. The smallest absolute Gasteiger partial charge is 0.274 e. The molecular weight excluding hydrogens is 350 g/mol. The Morgan fingerprint density at radius 2 is 1.68 bits per heavy atom. The fourth-order valence-electron chi connectivity index (χ4n) is 3.43. The number of aromatic nitrogens is 1. The first-order chi connectivity index (χ1) is 13.6. The molecule has 2 aromatic carbocycles. The predicted molar refractivity (Wildman–Crippen MR) is 108 cm³/mol. The molecule has 0 aliphatic carbocycles. The second kappa shape index (κ2) is 7.64. The summed E-state index contributed by atoms with van der Waals surface area (Å²) in [6.45, 7) is 3.18. The fourth-order valence-corrected chi connectivity index (χ4v) is 3.43. The minimum absolute atomic E-state index is 0.153. The van der Waals surface area contributed by atoms with Crippen LogP contribution in [0.4, 0.5) is 5.69 Å². The minimum Gasteiger partial charge on any atom is -0.333 e. The first-order valence-corrected chi connectivity index (χ1v) is 9.31. The largest absolute Gasteiger partial charge is 0.333 e. The van der Waals surface area contributed by atoms with Crippen LogP contribution in [-0.4, -0.2) is 28.2 Å². The van der Waals surface area contributed by atoms with Gasteiger partial charge in [-0.3, -0.25) is 9.59 Å². The van der Waals surface area contributed by atoms with Crippen molar-refractivity contribution in [3.8, 4) is 0 Å². The molecule has 2 amide bonds. The number of hydrogen-bond donors (Lipinski definition) is 1. The summed E-state index contributed by atoms with van der Waals surface area (Å²) >= 11 is 0. The van der Waals surface area contributed by atoms with Crippen LogP contribution in [0.2, 0.25) is 0 Å². The lowest BCUT2D eigenvalue weighted by molar-refractivity contribution is 0.0728. The number of carbonyl (C=O) groups excluding carboxylic acids is 2. The molecule has 0 unspecified atom stereocenters. The highest BCUT2D eigenvalue weighted by atomic mass is 16.2. The van der Waals surface area contributed by atoms with E-state index in [9.17, 15) is 9.59 Å². The summed E-state index contributed by atoms with van der Waals surface area (Å²) in [4.78, 5) is 31.6. The normalized spacial score (nSPS) is 13.0. The summed E-state index contributed by atoms with van der Waals surface area (Å²) in [6, 6.07) is 20.7. The van der Waals surface area contributed by atoms with Crippen molar-refractivity contribution in [1.29, 1.82) is 0 Å². The van der Waals surface area contributed by atoms with Crippen molar-refractivity contribution in [2.24, 2.45) is 0 Å². The number of nitrogens with one attached hydrogen (secondary N) is 1. The molecule has 1 aliphatic rings. The Bertz CT molecular complexity index is 1050. The summed E-state index contributed by atoms with van der Waals surface area (Å²) in [6.07, 6.45) is 0.829. The molecule has 140 valence electrons. The Morgan fingerprint density at radius 3 is 2.50 bits per heavy atom. The zero-order valence-electron chi connectivity index (χ0n) is 15.7. The minimum atomic E-state index is -0.329. The first kappa shape index (κ1) is 17.9. The number of pyridine rings is 1. The van der Waals surface area contributed by atoms with Crippen molar-refractivity contribution in [2.75, 3.05) is 11.9 Å². The molecule has 1 N–H and O–H groups in total. The van der Waals surface area contributed by atoms with Crippen LogP contribution in [0.5, 0.6) is 0 Å². The van der Waals surface area contributed by atoms with Crippen LogP contribution in [0.15, 0.2) is 66.7 Å². The quantitative estimate of drug-likeness (QED) is 0.761. The van der Waals surface area contributed by atoms with Gasteiger partial charge in [-0.15, -0.1) is 0 Å². The number of carbonyl (C=O) groups is 2. The maximum Gasteiger partial charge on any atom is 0.274 e. The van der Waals surface area contributed by atoms with Crippen LogP contribution in [0.3, 0.4) is 0 Å². The maximum absolute atomic E-state index is 12.9. The highest BCUT2D eigenvalue weighted by molar-refractivity contribution is 6.03. The molecule has 5 heteroatoms. The molecule has 28 heavy (non-hydrogen) atoms. The average molecular weight is 371 g/mol. The number of hydrogen-bond acceptors (Lipinski definition) is 3. The highest BCUT2D eigenvalue weighted by Crippen LogP contribution is 2.20. The topological polar surface area (TPSA) is 62.3 Å². The van der Waals surface area contributed by atoms with Crippen molar-refractivity contribution in [3.63, 3.8) is 0 Å². The van der Waals surface area contributed by atoms with E-state index in [0.29, 0.717) is 18.8 Å². The van der Waals surface area contributed by atoms with Crippen molar-refractivity contribution < 1.29 is 9.59 Å². The Labute approximate surface area is 164 Å². The Hall–Kier alpha value is -3.47. The van der Waals surface area contributed by atoms with E-state index in [-0.39, 0.29) is 23.2 Å². The van der Waals surface area contributed by atoms with E-state index in [4.69, 9.17) is 0 Å². The molecule has 2 heterocycles. The van der Waals surface area contributed by atoms with Crippen molar-refractivity contribution >= 4 is 17.5 Å². The number of nitrogens with zero attached hydrogens (tertiary/aromatic N) is 2. The van der Waals surface area contributed by atoms with Crippen LogP contribution >= 0.6 is 0 Å².